The number of ether oxygens (including phenoxy) is 3. The summed E-state index contributed by atoms with van der Waals surface area (Å²) in [5, 5.41) is -0.138. The Morgan fingerprint density at radius 1 is 0.846 bits per heavy atom. The molecular weight excluding hydrogens is 538 g/mol. The number of ketones is 1. The Hall–Kier alpha value is -4.03. The quantitative estimate of drug-likeness (QED) is 0.182. The van der Waals surface area contributed by atoms with Gasteiger partial charge in [0.05, 0.1) is 18.8 Å². The van der Waals surface area contributed by atoms with Crippen molar-refractivity contribution in [3.8, 4) is 5.75 Å². The lowest BCUT2D eigenvalue weighted by Gasteiger charge is -2.12. The summed E-state index contributed by atoms with van der Waals surface area (Å²) in [5.74, 6) is -4.94. The van der Waals surface area contributed by atoms with Crippen LogP contribution in [0.5, 0.6) is 5.75 Å². The van der Waals surface area contributed by atoms with Crippen LogP contribution in [-0.4, -0.2) is 43.7 Å². The van der Waals surface area contributed by atoms with Crippen LogP contribution in [0.15, 0.2) is 40.8 Å². The average Bonchev–Trinajstić information content (AvgIpc) is 3.22. The molecule has 0 aliphatic heterocycles. The Labute approximate surface area is 218 Å². The van der Waals surface area contributed by atoms with Crippen LogP contribution in [0.4, 0.5) is 26.3 Å². The summed E-state index contributed by atoms with van der Waals surface area (Å²) in [4.78, 5) is 33.9. The number of hydrogen-bond donors (Lipinski definition) is 0. The summed E-state index contributed by atoms with van der Waals surface area (Å²) in [6, 6.07) is 7.91. The molecule has 2 aromatic carbocycles. The van der Waals surface area contributed by atoms with Gasteiger partial charge < -0.3 is 18.6 Å². The third kappa shape index (κ3) is 8.23. The van der Waals surface area contributed by atoms with E-state index in [1.807, 2.05) is 0 Å². The number of aryl methyl sites for hydroxylation is 2. The Morgan fingerprint density at radius 3 is 2.00 bits per heavy atom. The Bertz CT molecular complexity index is 1340. The number of carbonyl (C=O) groups excluding carboxylic acids is 3. The van der Waals surface area contributed by atoms with E-state index in [1.54, 1.807) is 20.8 Å². The molecule has 3 aromatic rings. The van der Waals surface area contributed by atoms with Gasteiger partial charge in [-0.2, -0.15) is 26.3 Å². The van der Waals surface area contributed by atoms with E-state index in [0.29, 0.717) is 5.56 Å². The van der Waals surface area contributed by atoms with Gasteiger partial charge in [-0.15, -0.1) is 0 Å². The van der Waals surface area contributed by atoms with E-state index in [1.165, 1.54) is 37.3 Å². The van der Waals surface area contributed by atoms with Crippen LogP contribution in [0, 0.1) is 13.8 Å². The van der Waals surface area contributed by atoms with Crippen molar-refractivity contribution in [3.63, 3.8) is 0 Å². The molecule has 0 bridgehead atoms. The van der Waals surface area contributed by atoms with Gasteiger partial charge in [-0.1, -0.05) is 18.2 Å². The number of hydrogen-bond acceptors (Lipinski definition) is 7. The van der Waals surface area contributed by atoms with Gasteiger partial charge in [0, 0.05) is 5.39 Å². The van der Waals surface area contributed by atoms with Crippen LogP contribution in [0.3, 0.4) is 0 Å². The number of benzene rings is 2. The van der Waals surface area contributed by atoms with Gasteiger partial charge in [0.25, 0.3) is 5.78 Å². The normalized spacial score (nSPS) is 11.4. The van der Waals surface area contributed by atoms with Crippen molar-refractivity contribution in [3.05, 3.63) is 64.4 Å². The van der Waals surface area contributed by atoms with Crippen molar-refractivity contribution in [1.82, 2.24) is 0 Å². The second-order valence-electron chi connectivity index (χ2n) is 7.94. The molecule has 0 atom stereocenters. The predicted molar refractivity (Wildman–Crippen MR) is 126 cm³/mol. The number of esters is 2. The lowest BCUT2D eigenvalue weighted by Crippen LogP contribution is -2.24. The summed E-state index contributed by atoms with van der Waals surface area (Å²) >= 11 is 0. The first kappa shape index (κ1) is 31.2. The first-order chi connectivity index (χ1) is 18.1. The monoisotopic (exact) mass is 562 g/mol. The lowest BCUT2D eigenvalue weighted by atomic mass is 10.1. The number of furan rings is 1. The number of carbonyl (C=O) groups is 3. The summed E-state index contributed by atoms with van der Waals surface area (Å²) in [6.07, 6.45) is -9.68. The fourth-order valence-corrected chi connectivity index (χ4v) is 3.25. The molecule has 0 N–H and O–H groups in total. The van der Waals surface area contributed by atoms with Gasteiger partial charge in [0.15, 0.2) is 6.61 Å². The molecule has 0 saturated carbocycles. The number of Topliss-reactive ketones (excluding diaryl/α,β-unsaturated/α-hetero) is 1. The Balaban J connectivity index is 0.000000274. The third-order valence-electron chi connectivity index (χ3n) is 4.88. The van der Waals surface area contributed by atoms with Gasteiger partial charge in [0.2, 0.25) is 5.76 Å². The zero-order valence-electron chi connectivity index (χ0n) is 21.2. The fourth-order valence-electron chi connectivity index (χ4n) is 3.25. The predicted octanol–water partition coefficient (Wildman–Crippen LogP) is 6.62. The molecule has 0 fully saturated rings. The largest absolute Gasteiger partial charge is 0.481 e. The van der Waals surface area contributed by atoms with Crippen LogP contribution >= 0.6 is 0 Å². The van der Waals surface area contributed by atoms with E-state index in [2.05, 4.69) is 9.47 Å². The highest BCUT2D eigenvalue weighted by atomic mass is 19.4. The van der Waals surface area contributed by atoms with Gasteiger partial charge in [-0.05, 0) is 57.0 Å². The summed E-state index contributed by atoms with van der Waals surface area (Å²) in [6.45, 7) is 5.99. The van der Waals surface area contributed by atoms with Gasteiger partial charge in [0.1, 0.15) is 16.9 Å². The van der Waals surface area contributed by atoms with Gasteiger partial charge >= 0.3 is 24.3 Å². The molecular formula is C26H24F6O7. The highest BCUT2D eigenvalue weighted by molar-refractivity contribution is 6.02. The molecule has 0 amide bonds. The minimum atomic E-state index is -5.00. The van der Waals surface area contributed by atoms with Crippen molar-refractivity contribution in [2.75, 3.05) is 19.8 Å². The minimum Gasteiger partial charge on any atom is -0.481 e. The second-order valence-corrected chi connectivity index (χ2v) is 7.94. The summed E-state index contributed by atoms with van der Waals surface area (Å²) < 4.78 is 95.6. The van der Waals surface area contributed by atoms with Crippen LogP contribution in [0.25, 0.3) is 11.0 Å². The van der Waals surface area contributed by atoms with Crippen molar-refractivity contribution in [2.24, 2.45) is 0 Å². The third-order valence-corrected chi connectivity index (χ3v) is 4.88. The van der Waals surface area contributed by atoms with E-state index >= 15 is 0 Å². The van der Waals surface area contributed by atoms with Gasteiger partial charge in [-0.25, -0.2) is 9.59 Å². The minimum absolute atomic E-state index is 0.0216. The van der Waals surface area contributed by atoms with E-state index < -0.39 is 53.6 Å². The number of fused-ring (bicyclic) bond motifs is 1. The first-order valence-electron chi connectivity index (χ1n) is 11.4. The molecule has 13 heteroatoms. The lowest BCUT2D eigenvalue weighted by molar-refractivity contribution is -0.145. The number of alkyl halides is 6. The molecule has 0 aliphatic rings. The maximum atomic E-state index is 13.0. The molecule has 1 aromatic heterocycles. The molecule has 0 spiro atoms. The van der Waals surface area contributed by atoms with Crippen molar-refractivity contribution in [2.45, 2.75) is 40.0 Å². The van der Waals surface area contributed by atoms with Gasteiger partial charge in [-0.3, -0.25) is 4.79 Å². The maximum absolute atomic E-state index is 13.0. The van der Waals surface area contributed by atoms with Crippen LogP contribution < -0.4 is 4.74 Å². The summed E-state index contributed by atoms with van der Waals surface area (Å²) in [7, 11) is 0. The molecule has 212 valence electrons. The van der Waals surface area contributed by atoms with Crippen LogP contribution in [0.1, 0.15) is 51.5 Å². The van der Waals surface area contributed by atoms with Crippen molar-refractivity contribution in [1.29, 1.82) is 0 Å². The topological polar surface area (TPSA) is 92.0 Å². The van der Waals surface area contributed by atoms with Crippen molar-refractivity contribution >= 4 is 28.7 Å². The molecule has 39 heavy (non-hydrogen) atoms. The van der Waals surface area contributed by atoms with Crippen molar-refractivity contribution < 1.29 is 59.4 Å². The second kappa shape index (κ2) is 12.7. The van der Waals surface area contributed by atoms with Crippen LogP contribution in [0.2, 0.25) is 0 Å². The zero-order chi connectivity index (χ0) is 29.5. The Kier molecular flexibility index (Phi) is 10.1. The van der Waals surface area contributed by atoms with E-state index in [0.717, 1.165) is 11.6 Å². The van der Waals surface area contributed by atoms with E-state index in [9.17, 15) is 40.7 Å². The maximum Gasteiger partial charge on any atom is 0.455 e. The highest BCUT2D eigenvalue weighted by Crippen LogP contribution is 2.40. The Morgan fingerprint density at radius 2 is 1.44 bits per heavy atom. The highest BCUT2D eigenvalue weighted by Gasteiger charge is 2.42. The number of halogens is 6. The smallest absolute Gasteiger partial charge is 0.455 e. The molecule has 0 radical (unpaired) electrons. The number of rotatable bonds is 7. The molecule has 7 nitrogen and oxygen atoms in total. The standard InChI is InChI=1S/C13H13F3O4.C13H11F3O3/c1-3-19-11(17)7-20-10-6-8(2)4-5-9(10)12(18)13(14,15)16;1-3-18-12(17)11-10(13(14,15)16)8-5-4-7(2)6-9(8)19-11/h4-6H,3,7H2,1-2H3;4-6H,3H2,1-2H3. The van der Waals surface area contributed by atoms with E-state index in [4.69, 9.17) is 9.15 Å². The first-order valence-corrected chi connectivity index (χ1v) is 11.4. The molecule has 0 unspecified atom stereocenters. The van der Waals surface area contributed by atoms with Crippen LogP contribution in [-0.2, 0) is 20.4 Å². The molecule has 1 heterocycles. The average molecular weight is 562 g/mol. The molecule has 0 aliphatic carbocycles. The summed E-state index contributed by atoms with van der Waals surface area (Å²) in [5.41, 5.74) is -0.350. The van der Waals surface area contributed by atoms with E-state index in [-0.39, 0.29) is 29.9 Å². The fraction of sp³-hybridized carbons (Fsp3) is 0.346. The SMILES string of the molecule is CCOC(=O)COc1cc(C)ccc1C(=O)C(F)(F)F.CCOC(=O)c1oc2cc(C)ccc2c1C(F)(F)F. The molecule has 3 rings (SSSR count). The zero-order valence-corrected chi connectivity index (χ0v) is 21.2. The molecule has 0 saturated heterocycles.